The van der Waals surface area contributed by atoms with Crippen LogP contribution in [0.1, 0.15) is 27.5 Å². The Hall–Kier alpha value is -2.19. The number of hydrogen-bond acceptors (Lipinski definition) is 6. The number of nitrogens with one attached hydrogen (secondary N) is 1. The van der Waals surface area contributed by atoms with Gasteiger partial charge >= 0.3 is 0 Å². The summed E-state index contributed by atoms with van der Waals surface area (Å²) >= 11 is 1.25. The van der Waals surface area contributed by atoms with Gasteiger partial charge in [-0.05, 0) is 37.8 Å². The molecule has 1 fully saturated rings. The van der Waals surface area contributed by atoms with E-state index in [0.717, 1.165) is 29.5 Å². The number of thiazole rings is 1. The number of aromatic nitrogens is 1. The fourth-order valence-corrected chi connectivity index (χ4v) is 3.65. The van der Waals surface area contributed by atoms with E-state index in [9.17, 15) is 13.2 Å². The Balaban J connectivity index is 1.77. The Morgan fingerprint density at radius 1 is 1.35 bits per heavy atom. The maximum atomic E-state index is 12.7. The van der Waals surface area contributed by atoms with Gasteiger partial charge in [0, 0.05) is 11.7 Å². The second kappa shape index (κ2) is 7.59. The van der Waals surface area contributed by atoms with Gasteiger partial charge < -0.3 is 10.1 Å². The number of carbonyl (C=O) groups excluding carboxylic acids is 1. The number of ether oxygens (including phenoxy) is 1. The lowest BCUT2D eigenvalue weighted by molar-refractivity contribution is 0.0942. The molecule has 1 aromatic carbocycles. The molecule has 0 spiro atoms. The van der Waals surface area contributed by atoms with Crippen LogP contribution in [-0.2, 0) is 9.84 Å². The van der Waals surface area contributed by atoms with Gasteiger partial charge in [0.2, 0.25) is 5.88 Å². The molecular formula is C18H20N2O4S2. The van der Waals surface area contributed by atoms with Gasteiger partial charge in [-0.3, -0.25) is 4.79 Å². The van der Waals surface area contributed by atoms with Crippen molar-refractivity contribution < 1.29 is 17.9 Å². The van der Waals surface area contributed by atoms with E-state index in [4.69, 9.17) is 4.74 Å². The number of amides is 1. The van der Waals surface area contributed by atoms with Gasteiger partial charge in [0.05, 0.1) is 11.0 Å². The van der Waals surface area contributed by atoms with Crippen molar-refractivity contribution in [3.63, 3.8) is 0 Å². The van der Waals surface area contributed by atoms with Gasteiger partial charge in [0.15, 0.2) is 14.7 Å². The molecule has 0 aliphatic heterocycles. The third-order valence-corrected chi connectivity index (χ3v) is 5.43. The third-order valence-electron chi connectivity index (χ3n) is 3.83. The second-order valence-electron chi connectivity index (χ2n) is 6.28. The second-order valence-corrected chi connectivity index (χ2v) is 9.41. The summed E-state index contributed by atoms with van der Waals surface area (Å²) < 4.78 is 28.5. The molecule has 0 radical (unpaired) electrons. The van der Waals surface area contributed by atoms with Crippen LogP contribution in [-0.4, -0.2) is 31.6 Å². The van der Waals surface area contributed by atoms with Crippen LogP contribution in [0.3, 0.4) is 0 Å². The van der Waals surface area contributed by atoms with Crippen molar-refractivity contribution in [2.45, 2.75) is 25.8 Å². The summed E-state index contributed by atoms with van der Waals surface area (Å²) in [5.74, 6) is 0.821. The fourth-order valence-electron chi connectivity index (χ4n) is 2.44. The maximum absolute atomic E-state index is 12.7. The predicted molar refractivity (Wildman–Crippen MR) is 101 cm³/mol. The zero-order chi connectivity index (χ0) is 18.7. The van der Waals surface area contributed by atoms with Gasteiger partial charge in [0.25, 0.3) is 5.91 Å². The molecule has 1 heterocycles. The Labute approximate surface area is 156 Å². The van der Waals surface area contributed by atoms with Crippen molar-refractivity contribution in [3.8, 4) is 11.6 Å². The van der Waals surface area contributed by atoms with E-state index in [0.29, 0.717) is 10.6 Å². The third kappa shape index (κ3) is 5.15. The summed E-state index contributed by atoms with van der Waals surface area (Å²) in [6.45, 7) is 1.81. The fraction of sp³-hybridized carbons (Fsp3) is 0.333. The molecule has 8 heteroatoms. The zero-order valence-corrected chi connectivity index (χ0v) is 16.1. The number of carbonyl (C=O) groups is 1. The highest BCUT2D eigenvalue weighted by molar-refractivity contribution is 7.93. The highest BCUT2D eigenvalue weighted by Crippen LogP contribution is 2.34. The number of rotatable bonds is 7. The van der Waals surface area contributed by atoms with Gasteiger partial charge in [-0.25, -0.2) is 13.4 Å². The first kappa shape index (κ1) is 18.6. The monoisotopic (exact) mass is 392 g/mol. The van der Waals surface area contributed by atoms with Gasteiger partial charge in [-0.2, -0.15) is 0 Å². The Morgan fingerprint density at radius 3 is 2.65 bits per heavy atom. The van der Waals surface area contributed by atoms with Crippen molar-refractivity contribution in [3.05, 3.63) is 51.7 Å². The van der Waals surface area contributed by atoms with Gasteiger partial charge in [-0.1, -0.05) is 24.3 Å². The standard InChI is InChI=1S/C18H20N2O4S2/c1-12-19-18(24-14-6-4-3-5-7-14)16(25-12)17(21)20-15(13-8-9-13)10-11-26(2,22)23/h3-7,10-11,13,15H,8-9H2,1-2H3,(H,20,21)/b11-10+/t15-/m1/s1. The van der Waals surface area contributed by atoms with Crippen molar-refractivity contribution in [2.75, 3.05) is 6.26 Å². The number of sulfone groups is 1. The first-order valence-corrected chi connectivity index (χ1v) is 11.0. The van der Waals surface area contributed by atoms with E-state index in [1.807, 2.05) is 18.2 Å². The molecule has 1 aliphatic rings. The first-order chi connectivity index (χ1) is 12.3. The zero-order valence-electron chi connectivity index (χ0n) is 14.5. The highest BCUT2D eigenvalue weighted by Gasteiger charge is 2.32. The SMILES string of the molecule is Cc1nc(Oc2ccccc2)c(C(=O)N[C@H](/C=C/S(C)(=O)=O)C2CC2)s1. The van der Waals surface area contributed by atoms with Crippen LogP contribution in [0.2, 0.25) is 0 Å². The van der Waals surface area contributed by atoms with Crippen LogP contribution in [0.5, 0.6) is 11.6 Å². The quantitative estimate of drug-likeness (QED) is 0.781. The Morgan fingerprint density at radius 2 is 2.04 bits per heavy atom. The Bertz CT molecular complexity index is 916. The molecule has 1 atom stereocenters. The maximum Gasteiger partial charge on any atom is 0.267 e. The van der Waals surface area contributed by atoms with E-state index >= 15 is 0 Å². The van der Waals surface area contributed by atoms with Crippen LogP contribution in [0.4, 0.5) is 0 Å². The van der Waals surface area contributed by atoms with Crippen molar-refractivity contribution in [2.24, 2.45) is 5.92 Å². The summed E-state index contributed by atoms with van der Waals surface area (Å²) in [6.07, 6.45) is 4.62. The molecule has 0 unspecified atom stereocenters. The minimum atomic E-state index is -3.24. The van der Waals surface area contributed by atoms with Gasteiger partial charge in [0.1, 0.15) is 5.75 Å². The topological polar surface area (TPSA) is 85.4 Å². The molecule has 138 valence electrons. The molecule has 1 N–H and O–H groups in total. The van der Waals surface area contributed by atoms with Gasteiger partial charge in [-0.15, -0.1) is 11.3 Å². The summed E-state index contributed by atoms with van der Waals surface area (Å²) in [4.78, 5) is 17.4. The van der Waals surface area contributed by atoms with Crippen LogP contribution < -0.4 is 10.1 Å². The minimum Gasteiger partial charge on any atom is -0.437 e. The van der Waals surface area contributed by atoms with Crippen molar-refractivity contribution in [1.82, 2.24) is 10.3 Å². The number of aryl methyl sites for hydroxylation is 1. The lowest BCUT2D eigenvalue weighted by Gasteiger charge is -2.14. The summed E-state index contributed by atoms with van der Waals surface area (Å²) in [6, 6.07) is 8.82. The van der Waals surface area contributed by atoms with Crippen LogP contribution in [0.25, 0.3) is 0 Å². The molecule has 1 aliphatic carbocycles. The number of benzene rings is 1. The molecule has 0 saturated heterocycles. The summed E-state index contributed by atoms with van der Waals surface area (Å²) in [5, 5.41) is 4.77. The largest absolute Gasteiger partial charge is 0.437 e. The summed E-state index contributed by atoms with van der Waals surface area (Å²) in [7, 11) is -3.24. The first-order valence-electron chi connectivity index (χ1n) is 8.21. The van der Waals surface area contributed by atoms with E-state index < -0.39 is 9.84 Å². The van der Waals surface area contributed by atoms with E-state index in [1.165, 1.54) is 11.3 Å². The smallest absolute Gasteiger partial charge is 0.267 e. The summed E-state index contributed by atoms with van der Waals surface area (Å²) in [5.41, 5.74) is 0. The molecular weight excluding hydrogens is 372 g/mol. The highest BCUT2D eigenvalue weighted by atomic mass is 32.2. The van der Waals surface area contributed by atoms with Crippen LogP contribution in [0, 0.1) is 12.8 Å². The average Bonchev–Trinajstić information content (AvgIpc) is 3.35. The molecule has 1 amide bonds. The molecule has 0 bridgehead atoms. The predicted octanol–water partition coefficient (Wildman–Crippen LogP) is 3.31. The minimum absolute atomic E-state index is 0.262. The number of para-hydroxylation sites is 1. The van der Waals surface area contributed by atoms with E-state index in [1.54, 1.807) is 25.1 Å². The van der Waals surface area contributed by atoms with E-state index in [2.05, 4.69) is 10.3 Å². The molecule has 1 aromatic heterocycles. The molecule has 6 nitrogen and oxygen atoms in total. The molecule has 1 saturated carbocycles. The molecule has 3 rings (SSSR count). The number of hydrogen-bond donors (Lipinski definition) is 1. The van der Waals surface area contributed by atoms with Crippen LogP contribution >= 0.6 is 11.3 Å². The van der Waals surface area contributed by atoms with Crippen LogP contribution in [0.15, 0.2) is 41.8 Å². The molecule has 2 aromatic rings. The van der Waals surface area contributed by atoms with Crippen molar-refractivity contribution >= 4 is 27.1 Å². The number of nitrogens with zero attached hydrogens (tertiary/aromatic N) is 1. The lowest BCUT2D eigenvalue weighted by Crippen LogP contribution is -2.34. The molecule has 26 heavy (non-hydrogen) atoms. The Kier molecular flexibility index (Phi) is 5.43. The average molecular weight is 393 g/mol. The van der Waals surface area contributed by atoms with E-state index in [-0.39, 0.29) is 23.7 Å². The normalized spacial score (nSPS) is 15.8. The lowest BCUT2D eigenvalue weighted by atomic mass is 10.2. The van der Waals surface area contributed by atoms with Crippen molar-refractivity contribution in [1.29, 1.82) is 0 Å².